The van der Waals surface area contributed by atoms with E-state index in [1.165, 1.54) is 25.0 Å². The molecule has 2 bridgehead atoms. The monoisotopic (exact) mass is 511 g/mol. The van der Waals surface area contributed by atoms with Crippen molar-refractivity contribution in [2.24, 2.45) is 11.8 Å². The number of rotatable bonds is 8. The fourth-order valence-electron chi connectivity index (χ4n) is 5.90. The van der Waals surface area contributed by atoms with Crippen LogP contribution in [-0.4, -0.2) is 79.4 Å². The SMILES string of the molecule is COCCOc1cc(-c2ccc(F)cc2)nc(N2CCC(C(=O)NC3(C)CCN4CCC3CC4)CC2)n1. The van der Waals surface area contributed by atoms with Gasteiger partial charge in [0.2, 0.25) is 17.7 Å². The van der Waals surface area contributed by atoms with Crippen molar-refractivity contribution in [3.8, 4) is 17.1 Å². The summed E-state index contributed by atoms with van der Waals surface area (Å²) in [6.07, 6.45) is 4.88. The first-order valence-electron chi connectivity index (χ1n) is 13.5. The lowest BCUT2D eigenvalue weighted by Gasteiger charge is -2.39. The minimum atomic E-state index is -0.294. The molecule has 9 heteroatoms. The summed E-state index contributed by atoms with van der Waals surface area (Å²) in [5.41, 5.74) is 1.35. The second-order valence-electron chi connectivity index (χ2n) is 10.8. The van der Waals surface area contributed by atoms with Gasteiger partial charge < -0.3 is 24.6 Å². The minimum Gasteiger partial charge on any atom is -0.475 e. The van der Waals surface area contributed by atoms with Gasteiger partial charge in [0.1, 0.15) is 12.4 Å². The topological polar surface area (TPSA) is 79.8 Å². The van der Waals surface area contributed by atoms with Gasteiger partial charge in [0.05, 0.1) is 12.3 Å². The maximum atomic E-state index is 13.5. The molecule has 0 spiro atoms. The molecule has 1 N–H and O–H groups in total. The number of aromatic nitrogens is 2. The van der Waals surface area contributed by atoms with Gasteiger partial charge in [-0.15, -0.1) is 0 Å². The summed E-state index contributed by atoms with van der Waals surface area (Å²) in [5, 5.41) is 3.48. The summed E-state index contributed by atoms with van der Waals surface area (Å²) in [6, 6.07) is 8.02. The van der Waals surface area contributed by atoms with E-state index in [-0.39, 0.29) is 23.2 Å². The molecule has 1 amide bonds. The van der Waals surface area contributed by atoms with E-state index in [1.54, 1.807) is 25.3 Å². The zero-order chi connectivity index (χ0) is 25.8. The number of amides is 1. The summed E-state index contributed by atoms with van der Waals surface area (Å²) >= 11 is 0. The van der Waals surface area contributed by atoms with Crippen LogP contribution in [0.25, 0.3) is 11.3 Å². The molecule has 4 aliphatic rings. The Morgan fingerprint density at radius 3 is 2.49 bits per heavy atom. The number of fused-ring (bicyclic) bond motifs is 4. The lowest BCUT2D eigenvalue weighted by Crippen LogP contribution is -2.54. The average molecular weight is 512 g/mol. The van der Waals surface area contributed by atoms with Crippen LogP contribution in [0.5, 0.6) is 5.88 Å². The number of hydrogen-bond acceptors (Lipinski definition) is 7. The van der Waals surface area contributed by atoms with Gasteiger partial charge in [-0.05, 0) is 82.3 Å². The molecule has 4 saturated heterocycles. The van der Waals surface area contributed by atoms with Crippen LogP contribution in [0.2, 0.25) is 0 Å². The smallest absolute Gasteiger partial charge is 0.229 e. The summed E-state index contributed by atoms with van der Waals surface area (Å²) in [7, 11) is 1.62. The summed E-state index contributed by atoms with van der Waals surface area (Å²) in [5.74, 6) is 1.47. The van der Waals surface area contributed by atoms with Crippen molar-refractivity contribution >= 4 is 11.9 Å². The highest BCUT2D eigenvalue weighted by Gasteiger charge is 2.42. The van der Waals surface area contributed by atoms with Gasteiger partial charge >= 0.3 is 0 Å². The van der Waals surface area contributed by atoms with E-state index in [9.17, 15) is 9.18 Å². The number of hydrogen-bond donors (Lipinski definition) is 1. The number of ether oxygens (including phenoxy) is 2. The van der Waals surface area contributed by atoms with Crippen molar-refractivity contribution in [3.63, 3.8) is 0 Å². The lowest BCUT2D eigenvalue weighted by atomic mass is 9.78. The highest BCUT2D eigenvalue weighted by Crippen LogP contribution is 2.36. The van der Waals surface area contributed by atoms with Crippen LogP contribution in [0.3, 0.4) is 0 Å². The van der Waals surface area contributed by atoms with Gasteiger partial charge in [0.15, 0.2) is 0 Å². The van der Waals surface area contributed by atoms with E-state index in [0.29, 0.717) is 49.7 Å². The lowest BCUT2D eigenvalue weighted by molar-refractivity contribution is -0.128. The van der Waals surface area contributed by atoms with Crippen LogP contribution in [0.4, 0.5) is 10.3 Å². The third-order valence-corrected chi connectivity index (χ3v) is 8.36. The Bertz CT molecular complexity index is 1070. The van der Waals surface area contributed by atoms with Crippen LogP contribution in [-0.2, 0) is 9.53 Å². The number of carbonyl (C=O) groups excluding carboxylic acids is 1. The van der Waals surface area contributed by atoms with Crippen molar-refractivity contribution in [3.05, 3.63) is 36.1 Å². The second kappa shape index (κ2) is 11.3. The van der Waals surface area contributed by atoms with E-state index < -0.39 is 0 Å². The number of halogens is 1. The Kier molecular flexibility index (Phi) is 7.90. The van der Waals surface area contributed by atoms with E-state index in [2.05, 4.69) is 27.0 Å². The third-order valence-electron chi connectivity index (χ3n) is 8.36. The third kappa shape index (κ3) is 6.04. The van der Waals surface area contributed by atoms with Gasteiger partial charge in [-0.2, -0.15) is 4.98 Å². The van der Waals surface area contributed by atoms with Gasteiger partial charge in [-0.25, -0.2) is 9.37 Å². The molecule has 37 heavy (non-hydrogen) atoms. The standard InChI is InChI=1S/C28H38FN5O3/c1-28(11-16-33-12-9-22(28)10-13-33)32-26(35)21-7-14-34(15-8-21)27-30-24(20-3-5-23(29)6-4-20)19-25(31-27)37-18-17-36-2/h3-6,19,21-22H,7-18H2,1-2H3,(H,32,35). The largest absolute Gasteiger partial charge is 0.475 e. The van der Waals surface area contributed by atoms with Crippen LogP contribution >= 0.6 is 0 Å². The first-order chi connectivity index (χ1) is 17.9. The predicted octanol–water partition coefficient (Wildman–Crippen LogP) is 3.51. The minimum absolute atomic E-state index is 0.00783. The molecule has 4 fully saturated rings. The summed E-state index contributed by atoms with van der Waals surface area (Å²) in [4.78, 5) is 27.4. The zero-order valence-electron chi connectivity index (χ0n) is 21.9. The van der Waals surface area contributed by atoms with Crippen molar-refractivity contribution in [2.75, 3.05) is 57.9 Å². The number of methoxy groups -OCH3 is 1. The maximum absolute atomic E-state index is 13.5. The van der Waals surface area contributed by atoms with Gasteiger partial charge in [0, 0.05) is 49.8 Å². The van der Waals surface area contributed by atoms with Crippen molar-refractivity contribution in [2.45, 2.75) is 44.6 Å². The summed E-state index contributed by atoms with van der Waals surface area (Å²) in [6.45, 7) is 7.83. The number of nitrogens with zero attached hydrogens (tertiary/aromatic N) is 4. The molecule has 1 atom stereocenters. The van der Waals surface area contributed by atoms with Crippen molar-refractivity contribution in [1.29, 1.82) is 0 Å². The number of nitrogens with one attached hydrogen (secondary N) is 1. The first kappa shape index (κ1) is 25.9. The molecule has 0 aliphatic carbocycles. The van der Waals surface area contributed by atoms with Crippen LogP contribution in [0.15, 0.2) is 30.3 Å². The molecule has 1 aromatic heterocycles. The molecule has 6 rings (SSSR count). The fourth-order valence-corrected chi connectivity index (χ4v) is 5.90. The van der Waals surface area contributed by atoms with Gasteiger partial charge in [0.25, 0.3) is 0 Å². The first-order valence-corrected chi connectivity index (χ1v) is 13.5. The predicted molar refractivity (Wildman–Crippen MR) is 140 cm³/mol. The Hall–Kier alpha value is -2.78. The Labute approximate surface area is 218 Å². The van der Waals surface area contributed by atoms with E-state index in [0.717, 1.165) is 44.5 Å². The number of benzene rings is 1. The zero-order valence-corrected chi connectivity index (χ0v) is 21.9. The second-order valence-corrected chi connectivity index (χ2v) is 10.8. The normalized spacial score (nSPS) is 26.1. The molecule has 4 aliphatic heterocycles. The number of anilines is 1. The van der Waals surface area contributed by atoms with E-state index in [1.807, 2.05) is 0 Å². The molecule has 0 saturated carbocycles. The quantitative estimate of drug-likeness (QED) is 0.544. The van der Waals surface area contributed by atoms with Crippen molar-refractivity contribution < 1.29 is 18.7 Å². The number of carbonyl (C=O) groups is 1. The Balaban J connectivity index is 1.26. The molecule has 1 unspecified atom stereocenters. The van der Waals surface area contributed by atoms with Crippen LogP contribution < -0.4 is 15.0 Å². The van der Waals surface area contributed by atoms with E-state index >= 15 is 0 Å². The molecular formula is C28H38FN5O3. The number of piperidine rings is 2. The van der Waals surface area contributed by atoms with Gasteiger partial charge in [-0.3, -0.25) is 4.79 Å². The highest BCUT2D eigenvalue weighted by atomic mass is 19.1. The van der Waals surface area contributed by atoms with E-state index in [4.69, 9.17) is 14.5 Å². The van der Waals surface area contributed by atoms with Crippen LogP contribution in [0, 0.1) is 17.7 Å². The molecule has 0 radical (unpaired) electrons. The maximum Gasteiger partial charge on any atom is 0.229 e. The van der Waals surface area contributed by atoms with Crippen LogP contribution in [0.1, 0.15) is 39.0 Å². The summed E-state index contributed by atoms with van der Waals surface area (Å²) < 4.78 is 24.4. The molecule has 5 heterocycles. The Morgan fingerprint density at radius 2 is 1.78 bits per heavy atom. The molecule has 1 aromatic carbocycles. The van der Waals surface area contributed by atoms with Gasteiger partial charge in [-0.1, -0.05) is 0 Å². The molecule has 8 nitrogen and oxygen atoms in total. The fraction of sp³-hybridized carbons (Fsp3) is 0.607. The molecule has 2 aromatic rings. The van der Waals surface area contributed by atoms with Crippen molar-refractivity contribution in [1.82, 2.24) is 20.2 Å². The Morgan fingerprint density at radius 1 is 1.05 bits per heavy atom. The highest BCUT2D eigenvalue weighted by molar-refractivity contribution is 5.79. The average Bonchev–Trinajstić information content (AvgIpc) is 3.17. The molecular weight excluding hydrogens is 473 g/mol. The molecule has 200 valence electrons.